The topological polar surface area (TPSA) is 67.4 Å². The molecule has 0 aliphatic carbocycles. The lowest BCUT2D eigenvalue weighted by molar-refractivity contribution is -0.114. The number of anilines is 2. The number of carbonyl (C=O) groups excluding carboxylic acids is 2. The van der Waals surface area contributed by atoms with Gasteiger partial charge in [-0.15, -0.1) is 11.3 Å². The first-order chi connectivity index (χ1) is 13.6. The van der Waals surface area contributed by atoms with Crippen LogP contribution in [-0.4, -0.2) is 25.0 Å². The first kappa shape index (κ1) is 19.6. The normalized spacial score (nSPS) is 10.4. The molecule has 3 rings (SSSR count). The number of carbonyl (C=O) groups is 2. The van der Waals surface area contributed by atoms with Crippen LogP contribution in [0.4, 0.5) is 10.7 Å². The van der Waals surface area contributed by atoms with Crippen LogP contribution in [0.5, 0.6) is 0 Å². The molecule has 3 aromatic rings. The Balaban J connectivity index is 1.78. The zero-order chi connectivity index (χ0) is 19.9. The minimum atomic E-state index is -0.440. The largest absolute Gasteiger partial charge is 0.462 e. The van der Waals surface area contributed by atoms with Crippen molar-refractivity contribution < 1.29 is 14.3 Å². The van der Waals surface area contributed by atoms with E-state index in [-0.39, 0.29) is 19.1 Å². The summed E-state index contributed by atoms with van der Waals surface area (Å²) in [6.07, 6.45) is 0. The Kier molecular flexibility index (Phi) is 6.45. The fourth-order valence-electron chi connectivity index (χ4n) is 2.79. The maximum Gasteiger partial charge on any atom is 0.341 e. The molecule has 0 saturated carbocycles. The van der Waals surface area contributed by atoms with E-state index >= 15 is 0 Å². The summed E-state index contributed by atoms with van der Waals surface area (Å²) in [7, 11) is 0. The van der Waals surface area contributed by atoms with Crippen molar-refractivity contribution in [3.8, 4) is 11.1 Å². The van der Waals surface area contributed by atoms with E-state index in [2.05, 4.69) is 10.6 Å². The van der Waals surface area contributed by atoms with Gasteiger partial charge in [0.1, 0.15) is 10.6 Å². The summed E-state index contributed by atoms with van der Waals surface area (Å²) in [6.45, 7) is 4.12. The average Bonchev–Trinajstić information content (AvgIpc) is 3.11. The smallest absolute Gasteiger partial charge is 0.341 e. The fraction of sp³-hybridized carbons (Fsp3) is 0.182. The van der Waals surface area contributed by atoms with Gasteiger partial charge < -0.3 is 15.4 Å². The molecule has 0 spiro atoms. The van der Waals surface area contributed by atoms with Crippen molar-refractivity contribution >= 4 is 33.9 Å². The molecule has 5 nitrogen and oxygen atoms in total. The summed E-state index contributed by atoms with van der Waals surface area (Å²) in [5, 5.41) is 8.30. The van der Waals surface area contributed by atoms with Crippen LogP contribution in [0, 0.1) is 6.92 Å². The van der Waals surface area contributed by atoms with Crippen molar-refractivity contribution in [1.82, 2.24) is 0 Å². The lowest BCUT2D eigenvalue weighted by Gasteiger charge is -2.10. The maximum atomic E-state index is 12.5. The molecule has 144 valence electrons. The van der Waals surface area contributed by atoms with E-state index in [1.807, 2.05) is 66.9 Å². The van der Waals surface area contributed by atoms with E-state index < -0.39 is 5.97 Å². The van der Waals surface area contributed by atoms with Crippen LogP contribution in [0.3, 0.4) is 0 Å². The molecule has 1 amide bonds. The fourth-order valence-corrected chi connectivity index (χ4v) is 3.77. The molecule has 0 atom stereocenters. The lowest BCUT2D eigenvalue weighted by Crippen LogP contribution is -2.22. The summed E-state index contributed by atoms with van der Waals surface area (Å²) >= 11 is 1.32. The predicted molar refractivity (Wildman–Crippen MR) is 114 cm³/mol. The van der Waals surface area contributed by atoms with E-state index in [9.17, 15) is 9.59 Å². The van der Waals surface area contributed by atoms with Gasteiger partial charge in [0.2, 0.25) is 5.91 Å². The van der Waals surface area contributed by atoms with Gasteiger partial charge in [-0.2, -0.15) is 0 Å². The van der Waals surface area contributed by atoms with Gasteiger partial charge in [-0.3, -0.25) is 4.79 Å². The van der Waals surface area contributed by atoms with Crippen molar-refractivity contribution in [3.63, 3.8) is 0 Å². The third kappa shape index (κ3) is 4.78. The molecule has 1 heterocycles. The molecule has 2 aromatic carbocycles. The Morgan fingerprint density at radius 3 is 2.57 bits per heavy atom. The number of hydrogen-bond acceptors (Lipinski definition) is 5. The van der Waals surface area contributed by atoms with Crippen LogP contribution < -0.4 is 10.6 Å². The van der Waals surface area contributed by atoms with E-state index in [1.54, 1.807) is 6.92 Å². The summed E-state index contributed by atoms with van der Waals surface area (Å²) in [5.41, 5.74) is 4.03. The number of rotatable bonds is 7. The molecular weight excluding hydrogens is 372 g/mol. The second kappa shape index (κ2) is 9.19. The van der Waals surface area contributed by atoms with Crippen molar-refractivity contribution in [3.05, 3.63) is 71.1 Å². The van der Waals surface area contributed by atoms with Gasteiger partial charge in [-0.1, -0.05) is 42.5 Å². The highest BCUT2D eigenvalue weighted by Gasteiger charge is 2.22. The van der Waals surface area contributed by atoms with E-state index in [4.69, 9.17) is 4.74 Å². The second-order valence-electron chi connectivity index (χ2n) is 6.21. The van der Waals surface area contributed by atoms with Crippen LogP contribution in [0.1, 0.15) is 22.8 Å². The van der Waals surface area contributed by atoms with E-state index in [0.29, 0.717) is 10.6 Å². The number of hydrogen-bond donors (Lipinski definition) is 2. The van der Waals surface area contributed by atoms with Crippen molar-refractivity contribution in [2.24, 2.45) is 0 Å². The highest BCUT2D eigenvalue weighted by atomic mass is 32.1. The zero-order valence-electron chi connectivity index (χ0n) is 15.8. The summed E-state index contributed by atoms with van der Waals surface area (Å²) in [6, 6.07) is 17.4. The number of aryl methyl sites for hydroxylation is 1. The highest BCUT2D eigenvalue weighted by molar-refractivity contribution is 7.15. The van der Waals surface area contributed by atoms with Crippen LogP contribution in [0.2, 0.25) is 0 Å². The Morgan fingerprint density at radius 2 is 1.86 bits per heavy atom. The molecule has 0 aliphatic rings. The number of thiophene rings is 1. The third-order valence-corrected chi connectivity index (χ3v) is 4.97. The molecule has 0 saturated heterocycles. The Bertz CT molecular complexity index is 967. The number of amides is 1. The molecule has 6 heteroatoms. The number of ether oxygens (including phenoxy) is 1. The van der Waals surface area contributed by atoms with Crippen molar-refractivity contribution in [1.29, 1.82) is 0 Å². The van der Waals surface area contributed by atoms with Gasteiger partial charge in [-0.25, -0.2) is 4.79 Å². The Hall–Kier alpha value is -3.12. The maximum absolute atomic E-state index is 12.5. The van der Waals surface area contributed by atoms with Crippen LogP contribution in [-0.2, 0) is 9.53 Å². The first-order valence-electron chi connectivity index (χ1n) is 9.03. The third-order valence-electron chi connectivity index (χ3n) is 4.08. The lowest BCUT2D eigenvalue weighted by atomic mass is 10.0. The molecule has 0 aliphatic heterocycles. The first-order valence-corrected chi connectivity index (χ1v) is 9.91. The molecular formula is C22H22N2O3S. The number of esters is 1. The number of benzene rings is 2. The summed E-state index contributed by atoms with van der Waals surface area (Å²) in [4.78, 5) is 25.0. The van der Waals surface area contributed by atoms with E-state index in [1.165, 1.54) is 11.3 Å². The van der Waals surface area contributed by atoms with Crippen molar-refractivity contribution in [2.75, 3.05) is 23.8 Å². The molecule has 0 radical (unpaired) electrons. The summed E-state index contributed by atoms with van der Waals surface area (Å²) in [5.74, 6) is -0.668. The Labute approximate surface area is 168 Å². The van der Waals surface area contributed by atoms with Gasteiger partial charge in [0, 0.05) is 16.6 Å². The molecule has 2 N–H and O–H groups in total. The molecule has 0 bridgehead atoms. The number of nitrogens with one attached hydrogen (secondary N) is 2. The zero-order valence-corrected chi connectivity index (χ0v) is 16.6. The molecule has 0 fully saturated rings. The van der Waals surface area contributed by atoms with Gasteiger partial charge in [-0.05, 0) is 37.1 Å². The van der Waals surface area contributed by atoms with Gasteiger partial charge in [0.15, 0.2) is 0 Å². The van der Waals surface area contributed by atoms with Gasteiger partial charge >= 0.3 is 5.97 Å². The minimum Gasteiger partial charge on any atom is -0.462 e. The predicted octanol–water partition coefficient (Wildman–Crippen LogP) is 4.95. The van der Waals surface area contributed by atoms with Gasteiger partial charge in [0.05, 0.1) is 13.2 Å². The van der Waals surface area contributed by atoms with Crippen LogP contribution in [0.25, 0.3) is 11.1 Å². The van der Waals surface area contributed by atoms with Crippen LogP contribution in [0.15, 0.2) is 60.0 Å². The monoisotopic (exact) mass is 394 g/mol. The Morgan fingerprint density at radius 1 is 1.07 bits per heavy atom. The van der Waals surface area contributed by atoms with Crippen LogP contribution >= 0.6 is 11.3 Å². The highest BCUT2D eigenvalue weighted by Crippen LogP contribution is 2.36. The second-order valence-corrected chi connectivity index (χ2v) is 7.09. The average molecular weight is 394 g/mol. The quantitative estimate of drug-likeness (QED) is 0.556. The van der Waals surface area contributed by atoms with Crippen molar-refractivity contribution in [2.45, 2.75) is 13.8 Å². The molecule has 1 aromatic heterocycles. The summed E-state index contributed by atoms with van der Waals surface area (Å²) < 4.78 is 5.21. The van der Waals surface area contributed by atoms with E-state index in [0.717, 1.165) is 22.4 Å². The minimum absolute atomic E-state index is 0.101. The SMILES string of the molecule is CCOC(=O)c1c(-c2ccccc2)csc1NC(=O)CNc1cccc(C)c1. The molecule has 0 unspecified atom stereocenters. The molecule has 28 heavy (non-hydrogen) atoms. The van der Waals surface area contributed by atoms with Gasteiger partial charge in [0.25, 0.3) is 0 Å². The standard InChI is InChI=1S/C22H22N2O3S/c1-3-27-22(26)20-18(16-9-5-4-6-10-16)14-28-21(20)24-19(25)13-23-17-11-7-8-15(2)12-17/h4-12,14,23H,3,13H2,1-2H3,(H,24,25).